The highest BCUT2D eigenvalue weighted by molar-refractivity contribution is 5.81. The number of likely N-dealkylation sites (tertiary alicyclic amines) is 2. The topological polar surface area (TPSA) is 53.5 Å². The Hall–Kier alpha value is -2.17. The van der Waals surface area contributed by atoms with Crippen molar-refractivity contribution < 1.29 is 9.59 Å². The molecule has 3 aliphatic rings. The molecule has 0 aromatic carbocycles. The third-order valence-electron chi connectivity index (χ3n) is 6.33. The number of hydrogen-bond donors (Lipinski definition) is 0. The Balaban J connectivity index is 1.47. The Morgan fingerprint density at radius 2 is 2.04 bits per heavy atom. The zero-order valence-corrected chi connectivity index (χ0v) is 15.3. The van der Waals surface area contributed by atoms with E-state index in [1.807, 2.05) is 18.3 Å². The predicted molar refractivity (Wildman–Crippen MR) is 99.0 cm³/mol. The Labute approximate surface area is 155 Å². The van der Waals surface area contributed by atoms with Crippen LogP contribution in [-0.2, 0) is 16.1 Å². The second-order valence-electron chi connectivity index (χ2n) is 7.88. The molecular weight excluding hydrogens is 326 g/mol. The molecule has 3 heterocycles. The fourth-order valence-electron chi connectivity index (χ4n) is 4.80. The molecule has 4 rings (SSSR count). The van der Waals surface area contributed by atoms with Crippen molar-refractivity contribution in [3.8, 4) is 0 Å². The summed E-state index contributed by atoms with van der Waals surface area (Å²) < 4.78 is 0. The third-order valence-corrected chi connectivity index (χ3v) is 6.33. The quantitative estimate of drug-likeness (QED) is 0.785. The second kappa shape index (κ2) is 7.22. The first-order valence-electron chi connectivity index (χ1n) is 9.81. The van der Waals surface area contributed by atoms with Crippen LogP contribution in [0.1, 0.15) is 50.5 Å². The van der Waals surface area contributed by atoms with Crippen LogP contribution in [0.2, 0.25) is 0 Å². The summed E-state index contributed by atoms with van der Waals surface area (Å²) in [6, 6.07) is 3.96. The van der Waals surface area contributed by atoms with Crippen LogP contribution in [0.5, 0.6) is 0 Å². The predicted octanol–water partition coefficient (Wildman–Crippen LogP) is 2.92. The van der Waals surface area contributed by atoms with Crippen LogP contribution in [0, 0.1) is 5.92 Å². The Morgan fingerprint density at radius 3 is 2.81 bits per heavy atom. The third kappa shape index (κ3) is 3.27. The van der Waals surface area contributed by atoms with E-state index in [1.54, 1.807) is 6.20 Å². The summed E-state index contributed by atoms with van der Waals surface area (Å²) in [5, 5.41) is 0. The number of pyridine rings is 1. The Bertz CT molecular complexity index is 694. The molecule has 0 N–H and O–H groups in total. The lowest BCUT2D eigenvalue weighted by Crippen LogP contribution is -2.46. The van der Waals surface area contributed by atoms with Gasteiger partial charge in [0.1, 0.15) is 0 Å². The minimum atomic E-state index is -0.0874. The molecule has 1 atom stereocenters. The van der Waals surface area contributed by atoms with E-state index in [-0.39, 0.29) is 17.4 Å². The number of hydrogen-bond acceptors (Lipinski definition) is 3. The van der Waals surface area contributed by atoms with Crippen LogP contribution >= 0.6 is 0 Å². The molecule has 5 heteroatoms. The molecule has 1 spiro atoms. The first-order valence-corrected chi connectivity index (χ1v) is 9.81. The molecule has 2 fully saturated rings. The van der Waals surface area contributed by atoms with Crippen LogP contribution in [0.4, 0.5) is 0 Å². The van der Waals surface area contributed by atoms with Crippen molar-refractivity contribution in [1.29, 1.82) is 0 Å². The molecule has 2 amide bonds. The van der Waals surface area contributed by atoms with E-state index in [1.165, 1.54) is 0 Å². The lowest BCUT2D eigenvalue weighted by atomic mass is 9.87. The van der Waals surface area contributed by atoms with Gasteiger partial charge in [-0.2, -0.15) is 0 Å². The van der Waals surface area contributed by atoms with Crippen molar-refractivity contribution in [2.24, 2.45) is 5.92 Å². The summed E-state index contributed by atoms with van der Waals surface area (Å²) in [5.74, 6) is 0.685. The molecule has 5 nitrogen and oxygen atoms in total. The molecule has 0 radical (unpaired) electrons. The molecule has 0 saturated carbocycles. The van der Waals surface area contributed by atoms with E-state index in [2.05, 4.69) is 26.9 Å². The minimum Gasteiger partial charge on any atom is -0.342 e. The fourth-order valence-corrected chi connectivity index (χ4v) is 4.80. The molecule has 1 aromatic rings. The van der Waals surface area contributed by atoms with Gasteiger partial charge < -0.3 is 9.80 Å². The number of allylic oxidation sites excluding steroid dienone is 2. The monoisotopic (exact) mass is 353 g/mol. The normalized spacial score (nSPS) is 26.7. The number of amides is 2. The highest BCUT2D eigenvalue weighted by Gasteiger charge is 2.46. The van der Waals surface area contributed by atoms with Crippen molar-refractivity contribution in [2.75, 3.05) is 13.1 Å². The van der Waals surface area contributed by atoms with Crippen molar-refractivity contribution in [2.45, 2.75) is 57.0 Å². The van der Waals surface area contributed by atoms with E-state index in [0.29, 0.717) is 18.9 Å². The van der Waals surface area contributed by atoms with Gasteiger partial charge in [0.2, 0.25) is 11.8 Å². The second-order valence-corrected chi connectivity index (χ2v) is 7.88. The van der Waals surface area contributed by atoms with Crippen molar-refractivity contribution >= 4 is 11.8 Å². The van der Waals surface area contributed by atoms with E-state index in [0.717, 1.165) is 57.2 Å². The summed E-state index contributed by atoms with van der Waals surface area (Å²) in [4.78, 5) is 33.7. The van der Waals surface area contributed by atoms with Crippen LogP contribution in [0.15, 0.2) is 36.7 Å². The summed E-state index contributed by atoms with van der Waals surface area (Å²) in [6.45, 7) is 2.23. The molecule has 0 bridgehead atoms. The van der Waals surface area contributed by atoms with Crippen molar-refractivity contribution in [3.05, 3.63) is 42.2 Å². The molecule has 2 aliphatic heterocycles. The summed E-state index contributed by atoms with van der Waals surface area (Å²) >= 11 is 0. The molecule has 1 unspecified atom stereocenters. The maximum absolute atomic E-state index is 12.8. The largest absolute Gasteiger partial charge is 0.342 e. The summed E-state index contributed by atoms with van der Waals surface area (Å²) in [5.41, 5.74) is 0.993. The van der Waals surface area contributed by atoms with Crippen LogP contribution < -0.4 is 0 Å². The van der Waals surface area contributed by atoms with Gasteiger partial charge in [-0.15, -0.1) is 0 Å². The van der Waals surface area contributed by atoms with Gasteiger partial charge in [-0.25, -0.2) is 0 Å². The summed E-state index contributed by atoms with van der Waals surface area (Å²) in [7, 11) is 0. The number of rotatable bonds is 3. The van der Waals surface area contributed by atoms with E-state index in [4.69, 9.17) is 0 Å². The van der Waals surface area contributed by atoms with Gasteiger partial charge >= 0.3 is 0 Å². The number of carbonyl (C=O) groups is 2. The van der Waals surface area contributed by atoms with Crippen LogP contribution in [0.3, 0.4) is 0 Å². The number of carbonyl (C=O) groups excluding carboxylic acids is 2. The number of aromatic nitrogens is 1. The molecule has 26 heavy (non-hydrogen) atoms. The van der Waals surface area contributed by atoms with Crippen molar-refractivity contribution in [3.63, 3.8) is 0 Å². The first kappa shape index (κ1) is 17.3. The smallest absolute Gasteiger partial charge is 0.226 e. The molecule has 1 aliphatic carbocycles. The highest BCUT2D eigenvalue weighted by atomic mass is 16.2. The van der Waals surface area contributed by atoms with E-state index >= 15 is 0 Å². The highest BCUT2D eigenvalue weighted by Crippen LogP contribution is 2.40. The van der Waals surface area contributed by atoms with Gasteiger partial charge in [-0.3, -0.25) is 14.6 Å². The Kier molecular flexibility index (Phi) is 4.79. The van der Waals surface area contributed by atoms with E-state index in [9.17, 15) is 9.59 Å². The molecular formula is C21H27N3O2. The maximum Gasteiger partial charge on any atom is 0.226 e. The van der Waals surface area contributed by atoms with Gasteiger partial charge in [0, 0.05) is 49.9 Å². The lowest BCUT2D eigenvalue weighted by molar-refractivity contribution is -0.135. The van der Waals surface area contributed by atoms with Gasteiger partial charge in [0.15, 0.2) is 0 Å². The van der Waals surface area contributed by atoms with E-state index < -0.39 is 0 Å². The molecule has 1 aromatic heterocycles. The lowest BCUT2D eigenvalue weighted by Gasteiger charge is -2.38. The average Bonchev–Trinajstić information content (AvgIpc) is 3.23. The fraction of sp³-hybridized carbons (Fsp3) is 0.571. The average molecular weight is 353 g/mol. The number of nitrogens with zero attached hydrogens (tertiary/aromatic N) is 3. The zero-order chi connectivity index (χ0) is 18.0. The van der Waals surface area contributed by atoms with Crippen LogP contribution in [0.25, 0.3) is 0 Å². The first-order chi connectivity index (χ1) is 12.7. The SMILES string of the molecule is O=C(C1CC=CC1)N1CCCC2(CCC(=O)N2Cc2cccnc2)CC1. The molecule has 138 valence electrons. The Morgan fingerprint density at radius 1 is 1.19 bits per heavy atom. The molecule has 2 saturated heterocycles. The van der Waals surface area contributed by atoms with Gasteiger partial charge in [-0.1, -0.05) is 18.2 Å². The van der Waals surface area contributed by atoms with Gasteiger partial charge in [0.25, 0.3) is 0 Å². The zero-order valence-electron chi connectivity index (χ0n) is 15.3. The van der Waals surface area contributed by atoms with Gasteiger partial charge in [-0.05, 0) is 50.2 Å². The maximum atomic E-state index is 12.8. The van der Waals surface area contributed by atoms with Crippen LogP contribution in [-0.4, -0.2) is 45.2 Å². The summed E-state index contributed by atoms with van der Waals surface area (Å²) in [6.07, 6.45) is 14.0. The van der Waals surface area contributed by atoms with Crippen molar-refractivity contribution in [1.82, 2.24) is 14.8 Å². The minimum absolute atomic E-state index is 0.0874. The standard InChI is InChI=1S/C21H27N3O2/c25-19-8-10-21(24(19)16-17-5-3-12-22-15-17)9-4-13-23(14-11-21)20(26)18-6-1-2-7-18/h1-3,5,12,15,18H,4,6-11,13-14,16H2. The van der Waals surface area contributed by atoms with Gasteiger partial charge in [0.05, 0.1) is 0 Å².